The molecule has 1 aromatic carbocycles. The van der Waals surface area contributed by atoms with Gasteiger partial charge in [0, 0.05) is 22.7 Å². The fourth-order valence-electron chi connectivity index (χ4n) is 2.06. The van der Waals surface area contributed by atoms with Gasteiger partial charge >= 0.3 is 0 Å². The lowest BCUT2D eigenvalue weighted by Crippen LogP contribution is -1.96. The molecule has 0 aliphatic heterocycles. The average Bonchev–Trinajstić information content (AvgIpc) is 2.86. The van der Waals surface area contributed by atoms with Crippen LogP contribution in [0.3, 0.4) is 0 Å². The summed E-state index contributed by atoms with van der Waals surface area (Å²) in [6.07, 6.45) is 3.47. The number of fused-ring (bicyclic) bond motifs is 1. The summed E-state index contributed by atoms with van der Waals surface area (Å²) < 4.78 is 5.36. The van der Waals surface area contributed by atoms with Crippen molar-refractivity contribution in [1.29, 1.82) is 0 Å². The van der Waals surface area contributed by atoms with Crippen LogP contribution in [-0.4, -0.2) is 4.98 Å². The average molecular weight is 224 g/mol. The first kappa shape index (κ1) is 10.1. The summed E-state index contributed by atoms with van der Waals surface area (Å²) in [5, 5.41) is 1.12. The third-order valence-electron chi connectivity index (χ3n) is 2.85. The number of benzene rings is 1. The normalized spacial score (nSPS) is 10.9. The van der Waals surface area contributed by atoms with Crippen LogP contribution in [0.4, 0.5) is 0 Å². The number of nitrogens with two attached hydrogens (primary N) is 1. The van der Waals surface area contributed by atoms with E-state index in [0.29, 0.717) is 6.54 Å². The van der Waals surface area contributed by atoms with E-state index in [1.165, 1.54) is 0 Å². The topological polar surface area (TPSA) is 52.0 Å². The summed E-state index contributed by atoms with van der Waals surface area (Å²) in [5.74, 6) is 0.795. The third-order valence-corrected chi connectivity index (χ3v) is 2.85. The molecule has 0 unspecified atom stereocenters. The first-order valence-corrected chi connectivity index (χ1v) is 5.50. The van der Waals surface area contributed by atoms with Crippen LogP contribution in [0.15, 0.2) is 53.3 Å². The molecule has 0 radical (unpaired) electrons. The van der Waals surface area contributed by atoms with Crippen LogP contribution in [0.25, 0.3) is 22.0 Å². The van der Waals surface area contributed by atoms with Gasteiger partial charge in [-0.1, -0.05) is 24.3 Å². The van der Waals surface area contributed by atoms with Gasteiger partial charge in [0.2, 0.25) is 0 Å². The van der Waals surface area contributed by atoms with Gasteiger partial charge in [0.25, 0.3) is 0 Å². The minimum Gasteiger partial charge on any atom is -0.467 e. The second-order valence-corrected chi connectivity index (χ2v) is 3.84. The minimum atomic E-state index is 0.394. The third kappa shape index (κ3) is 1.61. The number of furan rings is 1. The molecular formula is C14H12N2O. The molecule has 0 amide bonds. The molecule has 3 nitrogen and oxygen atoms in total. The van der Waals surface area contributed by atoms with Crippen molar-refractivity contribution in [2.45, 2.75) is 6.54 Å². The van der Waals surface area contributed by atoms with E-state index in [1.54, 1.807) is 12.5 Å². The van der Waals surface area contributed by atoms with Crippen molar-refractivity contribution < 1.29 is 4.42 Å². The SMILES string of the molecule is NCc1occc1-c1cccc2cccnc12. The zero-order valence-electron chi connectivity index (χ0n) is 9.26. The Morgan fingerprint density at radius 3 is 2.82 bits per heavy atom. The lowest BCUT2D eigenvalue weighted by atomic mass is 10.0. The van der Waals surface area contributed by atoms with Gasteiger partial charge < -0.3 is 10.2 Å². The molecule has 2 N–H and O–H groups in total. The minimum absolute atomic E-state index is 0.394. The molecule has 2 heterocycles. The molecule has 0 bridgehead atoms. The van der Waals surface area contributed by atoms with Crippen LogP contribution in [0.5, 0.6) is 0 Å². The van der Waals surface area contributed by atoms with Crippen molar-refractivity contribution in [3.63, 3.8) is 0 Å². The number of rotatable bonds is 2. The van der Waals surface area contributed by atoms with Crippen molar-refractivity contribution in [3.05, 3.63) is 54.6 Å². The molecule has 0 saturated carbocycles. The second-order valence-electron chi connectivity index (χ2n) is 3.84. The number of pyridine rings is 1. The molecule has 3 heteroatoms. The first-order chi connectivity index (χ1) is 8.40. The fraction of sp³-hybridized carbons (Fsp3) is 0.0714. The quantitative estimate of drug-likeness (QED) is 0.728. The molecule has 17 heavy (non-hydrogen) atoms. The highest BCUT2D eigenvalue weighted by Gasteiger charge is 2.10. The number of hydrogen-bond donors (Lipinski definition) is 1. The Morgan fingerprint density at radius 2 is 1.94 bits per heavy atom. The van der Waals surface area contributed by atoms with E-state index >= 15 is 0 Å². The number of para-hydroxylation sites is 1. The number of aromatic nitrogens is 1. The Kier molecular flexibility index (Phi) is 2.38. The van der Waals surface area contributed by atoms with Crippen LogP contribution in [0.1, 0.15) is 5.76 Å². The molecule has 0 fully saturated rings. The van der Waals surface area contributed by atoms with E-state index < -0.39 is 0 Å². The molecule has 3 rings (SSSR count). The highest BCUT2D eigenvalue weighted by molar-refractivity contribution is 5.93. The first-order valence-electron chi connectivity index (χ1n) is 5.50. The van der Waals surface area contributed by atoms with E-state index in [2.05, 4.69) is 4.98 Å². The maximum atomic E-state index is 5.66. The smallest absolute Gasteiger partial charge is 0.125 e. The molecule has 0 aliphatic rings. The van der Waals surface area contributed by atoms with Gasteiger partial charge in [-0.15, -0.1) is 0 Å². The number of nitrogens with zero attached hydrogens (tertiary/aromatic N) is 1. The van der Waals surface area contributed by atoms with E-state index in [1.807, 2.05) is 36.4 Å². The molecular weight excluding hydrogens is 212 g/mol. The molecule has 0 saturated heterocycles. The van der Waals surface area contributed by atoms with Gasteiger partial charge in [-0.05, 0) is 12.1 Å². The zero-order chi connectivity index (χ0) is 11.7. The molecule has 0 spiro atoms. The van der Waals surface area contributed by atoms with E-state index in [9.17, 15) is 0 Å². The zero-order valence-corrected chi connectivity index (χ0v) is 9.26. The summed E-state index contributed by atoms with van der Waals surface area (Å²) in [6, 6.07) is 12.0. The van der Waals surface area contributed by atoms with Crippen LogP contribution in [-0.2, 0) is 6.54 Å². The van der Waals surface area contributed by atoms with Crippen molar-refractivity contribution in [2.75, 3.05) is 0 Å². The van der Waals surface area contributed by atoms with Gasteiger partial charge in [-0.25, -0.2) is 0 Å². The fourth-order valence-corrected chi connectivity index (χ4v) is 2.06. The van der Waals surface area contributed by atoms with E-state index in [-0.39, 0.29) is 0 Å². The number of hydrogen-bond acceptors (Lipinski definition) is 3. The summed E-state index contributed by atoms with van der Waals surface area (Å²) in [4.78, 5) is 4.43. The Hall–Kier alpha value is -2.13. The lowest BCUT2D eigenvalue weighted by Gasteiger charge is -2.04. The highest BCUT2D eigenvalue weighted by Crippen LogP contribution is 2.30. The monoisotopic (exact) mass is 224 g/mol. The van der Waals surface area contributed by atoms with Crippen LogP contribution < -0.4 is 5.73 Å². The lowest BCUT2D eigenvalue weighted by molar-refractivity contribution is 0.513. The predicted molar refractivity (Wildman–Crippen MR) is 67.3 cm³/mol. The molecule has 3 aromatic rings. The Bertz CT molecular complexity index is 653. The summed E-state index contributed by atoms with van der Waals surface area (Å²) >= 11 is 0. The molecule has 2 aromatic heterocycles. The van der Waals surface area contributed by atoms with Crippen molar-refractivity contribution in [1.82, 2.24) is 4.98 Å². The largest absolute Gasteiger partial charge is 0.467 e. The highest BCUT2D eigenvalue weighted by atomic mass is 16.3. The van der Waals surface area contributed by atoms with Crippen LogP contribution in [0.2, 0.25) is 0 Å². The maximum Gasteiger partial charge on any atom is 0.125 e. The van der Waals surface area contributed by atoms with Crippen molar-refractivity contribution in [2.24, 2.45) is 5.73 Å². The van der Waals surface area contributed by atoms with E-state index in [4.69, 9.17) is 10.2 Å². The predicted octanol–water partition coefficient (Wildman–Crippen LogP) is 2.95. The Labute approximate surface area is 98.9 Å². The maximum absolute atomic E-state index is 5.66. The van der Waals surface area contributed by atoms with Crippen molar-refractivity contribution >= 4 is 10.9 Å². The molecule has 0 atom stereocenters. The summed E-state index contributed by atoms with van der Waals surface area (Å²) in [6.45, 7) is 0.394. The summed E-state index contributed by atoms with van der Waals surface area (Å²) in [5.41, 5.74) is 8.73. The van der Waals surface area contributed by atoms with Crippen LogP contribution >= 0.6 is 0 Å². The summed E-state index contributed by atoms with van der Waals surface area (Å²) in [7, 11) is 0. The Balaban J connectivity index is 2.31. The van der Waals surface area contributed by atoms with E-state index in [0.717, 1.165) is 27.8 Å². The van der Waals surface area contributed by atoms with Gasteiger partial charge in [0.15, 0.2) is 0 Å². The van der Waals surface area contributed by atoms with Gasteiger partial charge in [-0.2, -0.15) is 0 Å². The van der Waals surface area contributed by atoms with Crippen molar-refractivity contribution in [3.8, 4) is 11.1 Å². The van der Waals surface area contributed by atoms with Gasteiger partial charge in [-0.3, -0.25) is 4.98 Å². The Morgan fingerprint density at radius 1 is 1.06 bits per heavy atom. The standard InChI is InChI=1S/C14H12N2O/c15-9-13-11(6-8-17-13)12-5-1-3-10-4-2-7-16-14(10)12/h1-8H,9,15H2. The molecule has 84 valence electrons. The van der Waals surface area contributed by atoms with Gasteiger partial charge in [0.1, 0.15) is 5.76 Å². The van der Waals surface area contributed by atoms with Gasteiger partial charge in [0.05, 0.1) is 18.3 Å². The molecule has 0 aliphatic carbocycles. The second kappa shape index (κ2) is 4.03. The van der Waals surface area contributed by atoms with Crippen LogP contribution in [0, 0.1) is 0 Å².